The number of anilines is 2. The van der Waals surface area contributed by atoms with Crippen LogP contribution in [-0.4, -0.2) is 23.1 Å². The number of nitrogens with zero attached hydrogens (tertiary/aromatic N) is 1. The topological polar surface area (TPSA) is 102 Å². The summed E-state index contributed by atoms with van der Waals surface area (Å²) in [4.78, 5) is 21.7. The number of hydrogen-bond acceptors (Lipinski definition) is 5. The van der Waals surface area contributed by atoms with Crippen LogP contribution in [0.25, 0.3) is 0 Å². The van der Waals surface area contributed by atoms with Gasteiger partial charge < -0.3 is 15.2 Å². The number of nitro benzene ring substituents is 1. The molecule has 0 aliphatic carbocycles. The highest BCUT2D eigenvalue weighted by Crippen LogP contribution is 2.34. The van der Waals surface area contributed by atoms with E-state index in [1.54, 1.807) is 24.3 Å². The van der Waals surface area contributed by atoms with Crippen molar-refractivity contribution in [1.29, 1.82) is 0 Å². The SMILES string of the molecule is COc1ccccc1Nc1c(C(=O)O)cccc1[N+](=O)[O-]. The van der Waals surface area contributed by atoms with E-state index in [0.717, 1.165) is 0 Å². The van der Waals surface area contributed by atoms with Gasteiger partial charge in [0.1, 0.15) is 11.4 Å². The van der Waals surface area contributed by atoms with Crippen LogP contribution in [0.15, 0.2) is 42.5 Å². The molecule has 0 amide bonds. The fourth-order valence-electron chi connectivity index (χ4n) is 1.88. The van der Waals surface area contributed by atoms with Gasteiger partial charge in [-0.15, -0.1) is 0 Å². The first-order valence-electron chi connectivity index (χ1n) is 5.95. The van der Waals surface area contributed by atoms with Gasteiger partial charge in [-0.25, -0.2) is 4.79 Å². The van der Waals surface area contributed by atoms with Crippen LogP contribution >= 0.6 is 0 Å². The molecule has 2 aromatic carbocycles. The van der Waals surface area contributed by atoms with Gasteiger partial charge >= 0.3 is 5.97 Å². The summed E-state index contributed by atoms with van der Waals surface area (Å²) in [6.07, 6.45) is 0. The van der Waals surface area contributed by atoms with Crippen molar-refractivity contribution in [2.45, 2.75) is 0 Å². The van der Waals surface area contributed by atoms with E-state index in [1.807, 2.05) is 0 Å². The minimum atomic E-state index is -1.25. The Kier molecular flexibility index (Phi) is 4.03. The molecule has 0 saturated heterocycles. The molecule has 0 aliphatic heterocycles. The van der Waals surface area contributed by atoms with Crippen LogP contribution < -0.4 is 10.1 Å². The van der Waals surface area contributed by atoms with Crippen molar-refractivity contribution in [3.05, 3.63) is 58.1 Å². The van der Waals surface area contributed by atoms with Crippen LogP contribution in [-0.2, 0) is 0 Å². The Hall–Kier alpha value is -3.09. The first kappa shape index (κ1) is 14.3. The Balaban J connectivity index is 2.56. The van der Waals surface area contributed by atoms with Crippen LogP contribution in [0, 0.1) is 10.1 Å². The fraction of sp³-hybridized carbons (Fsp3) is 0.0714. The zero-order valence-electron chi connectivity index (χ0n) is 11.1. The molecule has 7 heteroatoms. The summed E-state index contributed by atoms with van der Waals surface area (Å²) in [6.45, 7) is 0. The molecule has 0 unspecified atom stereocenters. The van der Waals surface area contributed by atoms with Crippen molar-refractivity contribution in [2.24, 2.45) is 0 Å². The van der Waals surface area contributed by atoms with E-state index < -0.39 is 10.9 Å². The fourth-order valence-corrected chi connectivity index (χ4v) is 1.88. The molecular formula is C14H12N2O5. The number of nitro groups is 1. The van der Waals surface area contributed by atoms with E-state index in [-0.39, 0.29) is 16.9 Å². The molecule has 2 rings (SSSR count). The van der Waals surface area contributed by atoms with E-state index in [1.165, 1.54) is 25.3 Å². The minimum Gasteiger partial charge on any atom is -0.495 e. The summed E-state index contributed by atoms with van der Waals surface area (Å²) in [5.74, 6) is -0.803. The van der Waals surface area contributed by atoms with Gasteiger partial charge in [-0.1, -0.05) is 18.2 Å². The molecule has 0 bridgehead atoms. The monoisotopic (exact) mass is 288 g/mol. The molecule has 0 radical (unpaired) electrons. The van der Waals surface area contributed by atoms with E-state index in [4.69, 9.17) is 4.74 Å². The lowest BCUT2D eigenvalue weighted by Gasteiger charge is -2.13. The third-order valence-corrected chi connectivity index (χ3v) is 2.84. The summed E-state index contributed by atoms with van der Waals surface area (Å²) in [5, 5.41) is 23.0. The molecular weight excluding hydrogens is 276 g/mol. The lowest BCUT2D eigenvalue weighted by molar-refractivity contribution is -0.383. The second-order valence-electron chi connectivity index (χ2n) is 4.09. The number of carbonyl (C=O) groups is 1. The number of carboxylic acid groups (broad SMARTS) is 1. The van der Waals surface area contributed by atoms with Crippen LogP contribution in [0.1, 0.15) is 10.4 Å². The van der Waals surface area contributed by atoms with Crippen molar-refractivity contribution in [1.82, 2.24) is 0 Å². The Morgan fingerprint density at radius 2 is 1.95 bits per heavy atom. The van der Waals surface area contributed by atoms with Crippen LogP contribution in [0.2, 0.25) is 0 Å². The summed E-state index contributed by atoms with van der Waals surface area (Å²) in [7, 11) is 1.46. The Morgan fingerprint density at radius 1 is 1.24 bits per heavy atom. The maximum atomic E-state index is 11.2. The Morgan fingerprint density at radius 3 is 2.57 bits per heavy atom. The standard InChI is InChI=1S/C14H12N2O5/c1-21-12-8-3-2-6-10(12)15-13-9(14(17)18)5-4-7-11(13)16(19)20/h2-8,15H,1H3,(H,17,18). The van der Waals surface area contributed by atoms with Crippen molar-refractivity contribution in [2.75, 3.05) is 12.4 Å². The van der Waals surface area contributed by atoms with Gasteiger partial charge in [-0.3, -0.25) is 10.1 Å². The number of benzene rings is 2. The number of carboxylic acids is 1. The zero-order chi connectivity index (χ0) is 15.4. The van der Waals surface area contributed by atoms with E-state index in [9.17, 15) is 20.0 Å². The quantitative estimate of drug-likeness (QED) is 0.647. The minimum absolute atomic E-state index is 0.0838. The second kappa shape index (κ2) is 5.91. The van der Waals surface area contributed by atoms with E-state index >= 15 is 0 Å². The maximum absolute atomic E-state index is 11.2. The molecule has 2 aromatic rings. The summed E-state index contributed by atoms with van der Waals surface area (Å²) < 4.78 is 5.14. The number of ether oxygens (including phenoxy) is 1. The highest BCUT2D eigenvalue weighted by Gasteiger charge is 2.22. The lowest BCUT2D eigenvalue weighted by Crippen LogP contribution is -2.06. The highest BCUT2D eigenvalue weighted by atomic mass is 16.6. The molecule has 0 atom stereocenters. The van der Waals surface area contributed by atoms with Crippen LogP contribution in [0.3, 0.4) is 0 Å². The molecule has 0 heterocycles. The van der Waals surface area contributed by atoms with E-state index in [0.29, 0.717) is 11.4 Å². The predicted octanol–water partition coefficient (Wildman–Crippen LogP) is 3.05. The van der Waals surface area contributed by atoms with Gasteiger partial charge in [0.05, 0.1) is 23.3 Å². The smallest absolute Gasteiger partial charge is 0.338 e. The molecule has 108 valence electrons. The third-order valence-electron chi connectivity index (χ3n) is 2.84. The van der Waals surface area contributed by atoms with Crippen molar-refractivity contribution in [3.63, 3.8) is 0 Å². The maximum Gasteiger partial charge on any atom is 0.338 e. The normalized spacial score (nSPS) is 9.95. The number of para-hydroxylation sites is 3. The molecule has 0 saturated carbocycles. The molecule has 21 heavy (non-hydrogen) atoms. The van der Waals surface area contributed by atoms with Crippen molar-refractivity contribution in [3.8, 4) is 5.75 Å². The summed E-state index contributed by atoms with van der Waals surface area (Å²) in [5.41, 5.74) is -0.146. The van der Waals surface area contributed by atoms with Gasteiger partial charge in [0.2, 0.25) is 0 Å². The average molecular weight is 288 g/mol. The Labute approximate surface area is 119 Å². The highest BCUT2D eigenvalue weighted by molar-refractivity contribution is 5.98. The van der Waals surface area contributed by atoms with Crippen LogP contribution in [0.4, 0.5) is 17.1 Å². The lowest BCUT2D eigenvalue weighted by atomic mass is 10.1. The van der Waals surface area contributed by atoms with Crippen molar-refractivity contribution < 1.29 is 19.6 Å². The third kappa shape index (κ3) is 2.92. The summed E-state index contributed by atoms with van der Waals surface area (Å²) >= 11 is 0. The zero-order valence-corrected chi connectivity index (χ0v) is 11.1. The first-order valence-corrected chi connectivity index (χ1v) is 5.95. The predicted molar refractivity (Wildman–Crippen MR) is 76.3 cm³/mol. The molecule has 0 fully saturated rings. The van der Waals surface area contributed by atoms with Gasteiger partial charge in [-0.05, 0) is 18.2 Å². The first-order chi connectivity index (χ1) is 10.0. The molecule has 0 aliphatic rings. The van der Waals surface area contributed by atoms with Gasteiger partial charge in [-0.2, -0.15) is 0 Å². The number of methoxy groups -OCH3 is 1. The number of aromatic carboxylic acids is 1. The second-order valence-corrected chi connectivity index (χ2v) is 4.09. The van der Waals surface area contributed by atoms with Gasteiger partial charge in [0.15, 0.2) is 0 Å². The van der Waals surface area contributed by atoms with Gasteiger partial charge in [0.25, 0.3) is 5.69 Å². The number of hydrogen-bond donors (Lipinski definition) is 2. The molecule has 0 spiro atoms. The number of rotatable bonds is 5. The van der Waals surface area contributed by atoms with Gasteiger partial charge in [0, 0.05) is 6.07 Å². The van der Waals surface area contributed by atoms with Crippen LogP contribution in [0.5, 0.6) is 5.75 Å². The van der Waals surface area contributed by atoms with Crippen molar-refractivity contribution >= 4 is 23.0 Å². The average Bonchev–Trinajstić information content (AvgIpc) is 2.47. The molecule has 7 nitrogen and oxygen atoms in total. The number of nitrogens with one attached hydrogen (secondary N) is 1. The van der Waals surface area contributed by atoms with E-state index in [2.05, 4.69) is 5.32 Å². The summed E-state index contributed by atoms with van der Waals surface area (Å²) in [6, 6.07) is 10.6. The Bertz CT molecular complexity index is 667. The molecule has 2 N–H and O–H groups in total. The molecule has 0 aromatic heterocycles. The largest absolute Gasteiger partial charge is 0.495 e.